The number of carboxylic acids is 1. The lowest BCUT2D eigenvalue weighted by molar-refractivity contribution is -0.141. The van der Waals surface area contributed by atoms with Gasteiger partial charge in [-0.25, -0.2) is 0 Å². The van der Waals surface area contributed by atoms with Gasteiger partial charge in [0.25, 0.3) is 0 Å². The Bertz CT molecular complexity index is 560. The normalized spacial score (nSPS) is 12.5. The monoisotopic (exact) mass is 230 g/mol. The van der Waals surface area contributed by atoms with E-state index in [1.54, 1.807) is 19.1 Å². The van der Waals surface area contributed by atoms with Crippen LogP contribution in [0.3, 0.4) is 0 Å². The summed E-state index contributed by atoms with van der Waals surface area (Å²) in [7, 11) is 0. The van der Waals surface area contributed by atoms with Crippen LogP contribution < -0.4 is 0 Å². The molecule has 0 amide bonds. The number of hydrogen-bond donors (Lipinski definition) is 2. The van der Waals surface area contributed by atoms with Crippen LogP contribution in [0.1, 0.15) is 12.5 Å². The molecule has 1 atom stereocenters. The molecule has 3 nitrogen and oxygen atoms in total. The van der Waals surface area contributed by atoms with E-state index in [9.17, 15) is 9.90 Å². The molecule has 2 N–H and O–H groups in total. The molecule has 0 saturated heterocycles. The molecule has 3 heteroatoms. The molecular weight excluding hydrogens is 216 g/mol. The topological polar surface area (TPSA) is 57.5 Å². The first-order valence-electron chi connectivity index (χ1n) is 5.51. The van der Waals surface area contributed by atoms with Crippen LogP contribution in [-0.2, 0) is 11.2 Å². The zero-order valence-corrected chi connectivity index (χ0v) is 9.55. The van der Waals surface area contributed by atoms with Crippen molar-refractivity contribution < 1.29 is 15.0 Å². The smallest absolute Gasteiger partial charge is 0.306 e. The highest BCUT2D eigenvalue weighted by molar-refractivity contribution is 5.84. The average molecular weight is 230 g/mol. The van der Waals surface area contributed by atoms with Gasteiger partial charge in [-0.3, -0.25) is 4.79 Å². The van der Waals surface area contributed by atoms with E-state index in [4.69, 9.17) is 5.11 Å². The van der Waals surface area contributed by atoms with Crippen molar-refractivity contribution in [2.75, 3.05) is 0 Å². The molecule has 2 aromatic carbocycles. The Morgan fingerprint density at radius 2 is 1.82 bits per heavy atom. The average Bonchev–Trinajstić information content (AvgIpc) is 2.29. The lowest BCUT2D eigenvalue weighted by atomic mass is 9.98. The van der Waals surface area contributed by atoms with E-state index in [2.05, 4.69) is 0 Å². The van der Waals surface area contributed by atoms with Crippen LogP contribution in [0.15, 0.2) is 36.4 Å². The van der Waals surface area contributed by atoms with E-state index in [1.165, 1.54) is 0 Å². The van der Waals surface area contributed by atoms with Gasteiger partial charge < -0.3 is 10.2 Å². The molecule has 0 aromatic heterocycles. The quantitative estimate of drug-likeness (QED) is 0.852. The third kappa shape index (κ3) is 2.56. The Balaban J connectivity index is 2.32. The number of benzene rings is 2. The molecule has 0 saturated carbocycles. The summed E-state index contributed by atoms with van der Waals surface area (Å²) in [5.41, 5.74) is 0.998. The number of rotatable bonds is 3. The van der Waals surface area contributed by atoms with Crippen molar-refractivity contribution in [3.05, 3.63) is 42.0 Å². The molecule has 2 aromatic rings. The highest BCUT2D eigenvalue weighted by Gasteiger charge is 2.11. The van der Waals surface area contributed by atoms with Crippen molar-refractivity contribution in [2.45, 2.75) is 13.3 Å². The minimum atomic E-state index is -0.782. The van der Waals surface area contributed by atoms with Crippen molar-refractivity contribution in [3.63, 3.8) is 0 Å². The van der Waals surface area contributed by atoms with E-state index in [0.717, 1.165) is 16.3 Å². The van der Waals surface area contributed by atoms with Crippen LogP contribution in [-0.4, -0.2) is 16.2 Å². The summed E-state index contributed by atoms with van der Waals surface area (Å²) in [6.45, 7) is 1.70. The first-order chi connectivity index (χ1) is 8.06. The number of phenolic OH excluding ortho intramolecular Hbond substituents is 1. The molecule has 0 fully saturated rings. The van der Waals surface area contributed by atoms with Crippen molar-refractivity contribution in [1.29, 1.82) is 0 Å². The fourth-order valence-electron chi connectivity index (χ4n) is 1.85. The van der Waals surface area contributed by atoms with Crippen molar-refractivity contribution in [1.82, 2.24) is 0 Å². The second-order valence-electron chi connectivity index (χ2n) is 4.31. The van der Waals surface area contributed by atoms with Crippen LogP contribution in [0.5, 0.6) is 5.75 Å². The number of hydrogen-bond acceptors (Lipinski definition) is 2. The summed E-state index contributed by atoms with van der Waals surface area (Å²) in [6, 6.07) is 10.9. The number of carbonyl (C=O) groups is 1. The van der Waals surface area contributed by atoms with Gasteiger partial charge >= 0.3 is 5.97 Å². The van der Waals surface area contributed by atoms with Crippen LogP contribution in [0, 0.1) is 5.92 Å². The maximum absolute atomic E-state index is 10.8. The van der Waals surface area contributed by atoms with Crippen molar-refractivity contribution >= 4 is 16.7 Å². The van der Waals surface area contributed by atoms with Crippen LogP contribution >= 0.6 is 0 Å². The Morgan fingerprint density at radius 1 is 1.18 bits per heavy atom. The molecule has 2 rings (SSSR count). The zero-order valence-electron chi connectivity index (χ0n) is 9.55. The van der Waals surface area contributed by atoms with Gasteiger partial charge in [-0.05, 0) is 34.9 Å². The molecule has 0 aliphatic rings. The number of carboxylic acid groups (broad SMARTS) is 1. The summed E-state index contributed by atoms with van der Waals surface area (Å²) >= 11 is 0. The predicted octanol–water partition coefficient (Wildman–Crippen LogP) is 2.81. The molecule has 88 valence electrons. The van der Waals surface area contributed by atoms with E-state index in [-0.39, 0.29) is 11.7 Å². The molecular formula is C14H14O3. The van der Waals surface area contributed by atoms with E-state index < -0.39 is 5.97 Å². The highest BCUT2D eigenvalue weighted by Crippen LogP contribution is 2.22. The van der Waals surface area contributed by atoms with Gasteiger partial charge in [0.15, 0.2) is 0 Å². The Labute approximate surface area is 99.3 Å². The van der Waals surface area contributed by atoms with Gasteiger partial charge in [0.05, 0.1) is 5.92 Å². The number of aromatic hydroxyl groups is 1. The van der Waals surface area contributed by atoms with Gasteiger partial charge in [-0.15, -0.1) is 0 Å². The fraction of sp³-hybridized carbons (Fsp3) is 0.214. The molecule has 17 heavy (non-hydrogen) atoms. The van der Waals surface area contributed by atoms with Crippen LogP contribution in [0.2, 0.25) is 0 Å². The van der Waals surface area contributed by atoms with Gasteiger partial charge in [-0.2, -0.15) is 0 Å². The second-order valence-corrected chi connectivity index (χ2v) is 4.31. The van der Waals surface area contributed by atoms with E-state index >= 15 is 0 Å². The third-order valence-electron chi connectivity index (χ3n) is 2.85. The minimum Gasteiger partial charge on any atom is -0.508 e. The first kappa shape index (κ1) is 11.5. The largest absolute Gasteiger partial charge is 0.508 e. The summed E-state index contributed by atoms with van der Waals surface area (Å²) in [6.07, 6.45) is 0.520. The number of aliphatic carboxylic acids is 1. The lowest BCUT2D eigenvalue weighted by Gasteiger charge is -2.07. The summed E-state index contributed by atoms with van der Waals surface area (Å²) < 4.78 is 0. The van der Waals surface area contributed by atoms with Gasteiger partial charge in [0.1, 0.15) is 5.75 Å². The molecule has 0 radical (unpaired) electrons. The van der Waals surface area contributed by atoms with Crippen molar-refractivity contribution in [3.8, 4) is 5.75 Å². The predicted molar refractivity (Wildman–Crippen MR) is 66.1 cm³/mol. The SMILES string of the molecule is CC(Cc1ccc2cc(O)ccc2c1)C(=O)O. The lowest BCUT2D eigenvalue weighted by Crippen LogP contribution is -2.12. The van der Waals surface area contributed by atoms with Gasteiger partial charge in [0.2, 0.25) is 0 Å². The Kier molecular flexibility index (Phi) is 3.00. The molecule has 0 aliphatic carbocycles. The van der Waals surface area contributed by atoms with E-state index in [1.807, 2.05) is 24.3 Å². The summed E-state index contributed by atoms with van der Waals surface area (Å²) in [5.74, 6) is -0.926. The molecule has 0 aliphatic heterocycles. The highest BCUT2D eigenvalue weighted by atomic mass is 16.4. The molecule has 0 spiro atoms. The fourth-order valence-corrected chi connectivity index (χ4v) is 1.85. The maximum atomic E-state index is 10.8. The molecule has 0 bridgehead atoms. The second kappa shape index (κ2) is 4.45. The Hall–Kier alpha value is -2.03. The van der Waals surface area contributed by atoms with Crippen molar-refractivity contribution in [2.24, 2.45) is 5.92 Å². The van der Waals surface area contributed by atoms with Crippen LogP contribution in [0.25, 0.3) is 10.8 Å². The van der Waals surface area contributed by atoms with Gasteiger partial charge in [0, 0.05) is 0 Å². The molecule has 1 unspecified atom stereocenters. The standard InChI is InChI=1S/C14H14O3/c1-9(14(16)17)6-10-2-3-12-8-13(15)5-4-11(12)7-10/h2-5,7-9,15H,6H2,1H3,(H,16,17). The minimum absolute atomic E-state index is 0.240. The maximum Gasteiger partial charge on any atom is 0.306 e. The third-order valence-corrected chi connectivity index (χ3v) is 2.85. The van der Waals surface area contributed by atoms with Gasteiger partial charge in [-0.1, -0.05) is 31.2 Å². The first-order valence-corrected chi connectivity index (χ1v) is 5.51. The number of fused-ring (bicyclic) bond motifs is 1. The Morgan fingerprint density at radius 3 is 2.53 bits per heavy atom. The number of phenols is 1. The van der Waals surface area contributed by atoms with E-state index in [0.29, 0.717) is 6.42 Å². The summed E-state index contributed by atoms with van der Waals surface area (Å²) in [4.78, 5) is 10.8. The van der Waals surface area contributed by atoms with Crippen LogP contribution in [0.4, 0.5) is 0 Å². The molecule has 0 heterocycles. The summed E-state index contributed by atoms with van der Waals surface area (Å²) in [5, 5.41) is 20.2. The zero-order chi connectivity index (χ0) is 12.4.